The fraction of sp³-hybridized carbons (Fsp3) is 0.481. The third kappa shape index (κ3) is 13.5. The van der Waals surface area contributed by atoms with E-state index < -0.39 is 58.4 Å². The molecule has 14 nitrogen and oxygen atoms in total. The maximum Gasteiger partial charge on any atom is 0.407 e. The molecule has 71 heavy (non-hydrogen) atoms. The lowest BCUT2D eigenvalue weighted by Gasteiger charge is -2.35. The number of aliphatic hydroxyl groups is 1. The number of nitrogens with one attached hydrogen (secondary N) is 2. The molecule has 2 fully saturated rings. The van der Waals surface area contributed by atoms with Gasteiger partial charge in [-0.15, -0.1) is 11.3 Å². The van der Waals surface area contributed by atoms with E-state index in [-0.39, 0.29) is 48.5 Å². The number of carbonyl (C=O) groups excluding carboxylic acids is 4. The van der Waals surface area contributed by atoms with Gasteiger partial charge in [0.25, 0.3) is 5.91 Å². The number of benzene rings is 3. The van der Waals surface area contributed by atoms with Crippen LogP contribution in [-0.4, -0.2) is 93.8 Å². The normalized spacial score (nSPS) is 17.3. The molecule has 3 aromatic carbocycles. The zero-order valence-corrected chi connectivity index (χ0v) is 42.6. The number of nitrogens with zero attached hydrogens (tertiary/aromatic N) is 5. The van der Waals surface area contributed by atoms with Crippen molar-refractivity contribution in [3.8, 4) is 16.2 Å². The van der Waals surface area contributed by atoms with Crippen molar-refractivity contribution < 1.29 is 46.9 Å². The minimum Gasteiger partial charge on any atom is -0.494 e. The van der Waals surface area contributed by atoms with Crippen molar-refractivity contribution in [1.82, 2.24) is 20.5 Å². The number of thiazole rings is 1. The molecule has 4 amide bonds. The Balaban J connectivity index is 0.851. The van der Waals surface area contributed by atoms with Gasteiger partial charge < -0.3 is 35.0 Å². The molecule has 6 rings (SSSR count). The zero-order chi connectivity index (χ0) is 51.7. The maximum absolute atomic E-state index is 14.0. The Hall–Kier alpha value is -5.94. The summed E-state index contributed by atoms with van der Waals surface area (Å²) in [4.78, 5) is 66.5. The van der Waals surface area contributed by atoms with Crippen LogP contribution in [0.1, 0.15) is 103 Å². The summed E-state index contributed by atoms with van der Waals surface area (Å²) >= 11 is 7.20. The van der Waals surface area contributed by atoms with Gasteiger partial charge in [0.1, 0.15) is 23.4 Å². The van der Waals surface area contributed by atoms with Gasteiger partial charge in [-0.3, -0.25) is 24.1 Å². The van der Waals surface area contributed by atoms with Gasteiger partial charge in [-0.25, -0.2) is 9.83 Å². The molecule has 380 valence electrons. The third-order valence-electron chi connectivity index (χ3n) is 12.5. The molecule has 0 saturated carbocycles. The van der Waals surface area contributed by atoms with E-state index in [0.717, 1.165) is 70.8 Å². The molecule has 3 heterocycles. The summed E-state index contributed by atoms with van der Waals surface area (Å²) in [5, 5.41) is 16.4. The number of thiocarbonyl (C=S) groups is 1. The van der Waals surface area contributed by atoms with Crippen molar-refractivity contribution >= 4 is 69.4 Å². The molecule has 4 aromatic rings. The van der Waals surface area contributed by atoms with Crippen molar-refractivity contribution in [2.75, 3.05) is 36.2 Å². The van der Waals surface area contributed by atoms with Crippen LogP contribution in [0.15, 0.2) is 72.2 Å². The topological polar surface area (TPSA) is 158 Å². The Morgan fingerprint density at radius 1 is 0.958 bits per heavy atom. The third-order valence-corrected chi connectivity index (χ3v) is 13.9. The number of hydrogen-bond donors (Lipinski definition) is 3. The van der Waals surface area contributed by atoms with Crippen molar-refractivity contribution in [2.24, 2.45) is 5.41 Å². The van der Waals surface area contributed by atoms with Crippen molar-refractivity contribution in [2.45, 2.75) is 129 Å². The van der Waals surface area contributed by atoms with Crippen LogP contribution in [-0.2, 0) is 36.6 Å². The molecule has 0 radical (unpaired) electrons. The van der Waals surface area contributed by atoms with Crippen LogP contribution in [0, 0.1) is 18.9 Å². The number of aliphatic hydroxyl groups excluding tert-OH is 1. The van der Waals surface area contributed by atoms with E-state index in [2.05, 4.69) is 20.5 Å². The number of amides is 4. The van der Waals surface area contributed by atoms with Crippen LogP contribution in [0.4, 0.5) is 30.2 Å². The summed E-state index contributed by atoms with van der Waals surface area (Å²) < 4.78 is 52.9. The van der Waals surface area contributed by atoms with Gasteiger partial charge in [-0.05, 0) is 118 Å². The highest BCUT2D eigenvalue weighted by atomic mass is 32.1. The number of aromatic nitrogens is 1. The number of ether oxygens (including phenoxy) is 2. The van der Waals surface area contributed by atoms with Gasteiger partial charge in [0, 0.05) is 50.5 Å². The number of halogens is 3. The molecule has 19 heteroatoms. The van der Waals surface area contributed by atoms with Gasteiger partial charge in [0.05, 0.1) is 40.9 Å². The highest BCUT2D eigenvalue weighted by Crippen LogP contribution is 2.42. The Kier molecular flexibility index (Phi) is 18.0. The minimum atomic E-state index is -4.79. The fourth-order valence-corrected chi connectivity index (χ4v) is 9.92. The SMILES string of the molecule is [C-]#[N+]c1ccc(N2C(=O)C(C)(C)N(c3ccc(OCCCCCOCCCCCC(=O)N[C@H](C(=O)N4C[C@H](O)C[C@H]4C(=O)NCc4ccc(-c5scnc5C)cc4)C(C)(C)C)cc3)C2=S)cc1C(F)(F)F. The second-order valence-corrected chi connectivity index (χ2v) is 20.6. The Labute approximate surface area is 422 Å². The van der Waals surface area contributed by atoms with Gasteiger partial charge in [0.15, 0.2) is 10.8 Å². The van der Waals surface area contributed by atoms with Crippen LogP contribution in [0.25, 0.3) is 15.3 Å². The van der Waals surface area contributed by atoms with E-state index in [1.165, 1.54) is 11.0 Å². The predicted octanol–water partition coefficient (Wildman–Crippen LogP) is 9.54. The molecule has 0 spiro atoms. The highest BCUT2D eigenvalue weighted by Gasteiger charge is 2.51. The van der Waals surface area contributed by atoms with E-state index in [1.807, 2.05) is 57.5 Å². The Bertz CT molecular complexity index is 2580. The van der Waals surface area contributed by atoms with E-state index in [4.69, 9.17) is 28.3 Å². The average Bonchev–Trinajstić information content (AvgIpc) is 3.99. The van der Waals surface area contributed by atoms with E-state index >= 15 is 0 Å². The number of hydrogen-bond acceptors (Lipinski definition) is 10. The van der Waals surface area contributed by atoms with Gasteiger partial charge in [-0.2, -0.15) is 13.2 Å². The van der Waals surface area contributed by atoms with E-state index in [0.29, 0.717) is 37.7 Å². The van der Waals surface area contributed by atoms with Crippen molar-refractivity contribution in [1.29, 1.82) is 0 Å². The lowest BCUT2D eigenvalue weighted by molar-refractivity contribution is -0.144. The number of rotatable bonds is 21. The van der Waals surface area contributed by atoms with Crippen molar-refractivity contribution in [3.63, 3.8) is 0 Å². The number of anilines is 2. The molecule has 1 aromatic heterocycles. The molecular weight excluding hydrogens is 956 g/mol. The smallest absolute Gasteiger partial charge is 0.407 e. The minimum absolute atomic E-state index is 0.00164. The molecule has 2 saturated heterocycles. The Morgan fingerprint density at radius 3 is 2.23 bits per heavy atom. The first-order valence-electron chi connectivity index (χ1n) is 23.7. The highest BCUT2D eigenvalue weighted by molar-refractivity contribution is 7.81. The standard InChI is InChI=1S/C52H62F3N7O7S2/c1-33-44(71-32-58-33)35-17-15-34(16-18-35)30-57-46(65)42-29-38(63)31-60(42)47(66)45(50(2,3)4)59-43(64)14-10-8-11-25-68-26-12-9-13-27-69-39-22-19-36(20-23-39)62-49(70)61(48(67)51(62,5)6)37-21-24-41(56-7)40(28-37)52(53,54)55/h15-24,28,32,38,42,45,63H,8-14,25-27,29-31H2,1-6H3,(H,57,65)(H,59,64)/t38-,42+,45-/m1/s1. The van der Waals surface area contributed by atoms with Crippen LogP contribution in [0.3, 0.4) is 0 Å². The van der Waals surface area contributed by atoms with Crippen LogP contribution in [0.5, 0.6) is 5.75 Å². The summed E-state index contributed by atoms with van der Waals surface area (Å²) in [6, 6.07) is 16.2. The second-order valence-electron chi connectivity index (χ2n) is 19.4. The molecule has 0 bridgehead atoms. The number of aryl methyl sites for hydroxylation is 1. The van der Waals surface area contributed by atoms with Crippen LogP contribution in [0.2, 0.25) is 0 Å². The summed E-state index contributed by atoms with van der Waals surface area (Å²) in [6.45, 7) is 19.8. The summed E-state index contributed by atoms with van der Waals surface area (Å²) in [5.41, 5.74) is 1.63. The first kappa shape index (κ1) is 54.4. The van der Waals surface area contributed by atoms with Crippen LogP contribution >= 0.6 is 23.6 Å². The largest absolute Gasteiger partial charge is 0.494 e. The fourth-order valence-electron chi connectivity index (χ4n) is 8.59. The van der Waals surface area contributed by atoms with Gasteiger partial charge in [0.2, 0.25) is 17.7 Å². The molecule has 3 atom stereocenters. The molecule has 0 unspecified atom stereocenters. The number of alkyl halides is 3. The molecule has 3 N–H and O–H groups in total. The molecular formula is C52H62F3N7O7S2. The first-order chi connectivity index (χ1) is 33.6. The van der Waals surface area contributed by atoms with E-state index in [9.17, 15) is 37.5 Å². The number of unbranched alkanes of at least 4 members (excludes halogenated alkanes) is 4. The first-order valence-corrected chi connectivity index (χ1v) is 25.0. The van der Waals surface area contributed by atoms with Crippen LogP contribution < -0.4 is 25.2 Å². The summed E-state index contributed by atoms with van der Waals surface area (Å²) in [7, 11) is 0. The zero-order valence-electron chi connectivity index (χ0n) is 40.9. The number of likely N-dealkylation sites (tertiary alicyclic amines) is 1. The monoisotopic (exact) mass is 1020 g/mol. The lowest BCUT2D eigenvalue weighted by Crippen LogP contribution is -2.57. The Morgan fingerprint density at radius 2 is 1.61 bits per heavy atom. The van der Waals surface area contributed by atoms with Gasteiger partial charge in [-0.1, -0.05) is 57.5 Å². The predicted molar refractivity (Wildman–Crippen MR) is 271 cm³/mol. The quantitative estimate of drug-likeness (QED) is 0.0417. The van der Waals surface area contributed by atoms with Crippen molar-refractivity contribution in [3.05, 3.63) is 100 Å². The van der Waals surface area contributed by atoms with E-state index in [1.54, 1.807) is 54.3 Å². The summed E-state index contributed by atoms with van der Waals surface area (Å²) in [5.74, 6) is -0.918. The van der Waals surface area contributed by atoms with Gasteiger partial charge >= 0.3 is 6.18 Å². The lowest BCUT2D eigenvalue weighted by atomic mass is 9.85. The summed E-state index contributed by atoms with van der Waals surface area (Å²) in [6.07, 6.45) is -0.667. The second kappa shape index (κ2) is 23.5. The molecule has 0 aliphatic carbocycles. The molecule has 2 aliphatic rings. The molecule has 2 aliphatic heterocycles. The number of β-amino-alcohol motifs (C(OH)–C–C–N with tert-alkyl or cyclic N) is 1. The maximum atomic E-state index is 14.0. The number of carbonyl (C=O) groups is 4. The average molecular weight is 1020 g/mol.